The SMILES string of the molecule is CCNC(=NCc1ccc(C(F)(F)F)cc1)NCCN1CCN(c2ncccn2)CC1.I. The van der Waals surface area contributed by atoms with Crippen LogP contribution in [0, 0.1) is 0 Å². The van der Waals surface area contributed by atoms with Crippen molar-refractivity contribution in [3.05, 3.63) is 53.9 Å². The molecule has 1 saturated heterocycles. The van der Waals surface area contributed by atoms with Gasteiger partial charge in [-0.2, -0.15) is 13.2 Å². The number of piperazine rings is 1. The minimum absolute atomic E-state index is 0. The molecule has 1 aromatic heterocycles. The van der Waals surface area contributed by atoms with Crippen LogP contribution >= 0.6 is 24.0 Å². The van der Waals surface area contributed by atoms with Gasteiger partial charge >= 0.3 is 6.18 Å². The fourth-order valence-corrected chi connectivity index (χ4v) is 3.27. The molecule has 1 aliphatic rings. The van der Waals surface area contributed by atoms with E-state index in [1.807, 2.05) is 13.0 Å². The Labute approximate surface area is 203 Å². The summed E-state index contributed by atoms with van der Waals surface area (Å²) in [5, 5.41) is 6.47. The number of hydrogen-bond acceptors (Lipinski definition) is 5. The molecule has 0 radical (unpaired) electrons. The van der Waals surface area contributed by atoms with E-state index in [-0.39, 0.29) is 24.0 Å². The Morgan fingerprint density at radius 1 is 1.03 bits per heavy atom. The van der Waals surface area contributed by atoms with E-state index >= 15 is 0 Å². The van der Waals surface area contributed by atoms with Gasteiger partial charge in [-0.15, -0.1) is 24.0 Å². The van der Waals surface area contributed by atoms with E-state index in [1.54, 1.807) is 12.4 Å². The van der Waals surface area contributed by atoms with Gasteiger partial charge in [0, 0.05) is 58.2 Å². The lowest BCUT2D eigenvalue weighted by Gasteiger charge is -2.34. The Morgan fingerprint density at radius 3 is 2.28 bits per heavy atom. The summed E-state index contributed by atoms with van der Waals surface area (Å²) < 4.78 is 38.0. The van der Waals surface area contributed by atoms with Crippen LogP contribution in [-0.2, 0) is 12.7 Å². The first-order chi connectivity index (χ1) is 15.0. The van der Waals surface area contributed by atoms with Crippen LogP contribution in [0.3, 0.4) is 0 Å². The average Bonchev–Trinajstić information content (AvgIpc) is 2.78. The maximum atomic E-state index is 12.7. The van der Waals surface area contributed by atoms with Crippen molar-refractivity contribution in [3.63, 3.8) is 0 Å². The first-order valence-corrected chi connectivity index (χ1v) is 10.4. The molecule has 1 aliphatic heterocycles. The van der Waals surface area contributed by atoms with Crippen molar-refractivity contribution in [1.82, 2.24) is 25.5 Å². The van der Waals surface area contributed by atoms with Gasteiger partial charge in [0.1, 0.15) is 0 Å². The summed E-state index contributed by atoms with van der Waals surface area (Å²) in [6.45, 7) is 8.20. The van der Waals surface area contributed by atoms with Gasteiger partial charge in [0.15, 0.2) is 5.96 Å². The van der Waals surface area contributed by atoms with Crippen molar-refractivity contribution in [1.29, 1.82) is 0 Å². The lowest BCUT2D eigenvalue weighted by Crippen LogP contribution is -2.49. The summed E-state index contributed by atoms with van der Waals surface area (Å²) >= 11 is 0. The number of guanidine groups is 1. The van der Waals surface area contributed by atoms with E-state index in [1.165, 1.54) is 12.1 Å². The van der Waals surface area contributed by atoms with E-state index in [0.29, 0.717) is 19.0 Å². The molecule has 0 spiro atoms. The van der Waals surface area contributed by atoms with E-state index < -0.39 is 11.7 Å². The molecule has 1 fully saturated rings. The van der Waals surface area contributed by atoms with Crippen LogP contribution < -0.4 is 15.5 Å². The summed E-state index contributed by atoms with van der Waals surface area (Å²) in [5.74, 6) is 1.42. The number of rotatable bonds is 7. The number of nitrogens with zero attached hydrogens (tertiary/aromatic N) is 5. The van der Waals surface area contributed by atoms with Crippen molar-refractivity contribution in [2.45, 2.75) is 19.6 Å². The molecule has 0 amide bonds. The van der Waals surface area contributed by atoms with Crippen LogP contribution in [0.4, 0.5) is 19.1 Å². The molecule has 2 heterocycles. The molecule has 1 aromatic carbocycles. The molecule has 0 atom stereocenters. The molecular formula is C21H29F3IN7. The van der Waals surface area contributed by atoms with E-state index in [2.05, 4.69) is 35.4 Å². The van der Waals surface area contributed by atoms with Gasteiger partial charge in [-0.1, -0.05) is 12.1 Å². The quantitative estimate of drug-likeness (QED) is 0.307. The zero-order valence-corrected chi connectivity index (χ0v) is 20.3. The van der Waals surface area contributed by atoms with Gasteiger partial charge in [-0.05, 0) is 30.7 Å². The molecule has 2 aromatic rings. The van der Waals surface area contributed by atoms with Crippen molar-refractivity contribution >= 4 is 35.9 Å². The molecule has 11 heteroatoms. The lowest BCUT2D eigenvalue weighted by atomic mass is 10.1. The van der Waals surface area contributed by atoms with Gasteiger partial charge in [-0.25, -0.2) is 15.0 Å². The second kappa shape index (κ2) is 12.8. The Balaban J connectivity index is 0.00000363. The smallest absolute Gasteiger partial charge is 0.357 e. The molecule has 2 N–H and O–H groups in total. The third-order valence-electron chi connectivity index (χ3n) is 4.97. The molecule has 32 heavy (non-hydrogen) atoms. The second-order valence-electron chi connectivity index (χ2n) is 7.19. The van der Waals surface area contributed by atoms with E-state index in [0.717, 1.165) is 62.9 Å². The summed E-state index contributed by atoms with van der Waals surface area (Å²) in [5.41, 5.74) is 0.0774. The van der Waals surface area contributed by atoms with Crippen molar-refractivity contribution in [2.24, 2.45) is 4.99 Å². The number of nitrogens with one attached hydrogen (secondary N) is 2. The Hall–Kier alpha value is -2.15. The van der Waals surface area contributed by atoms with E-state index in [4.69, 9.17) is 0 Å². The monoisotopic (exact) mass is 563 g/mol. The number of aromatic nitrogens is 2. The lowest BCUT2D eigenvalue weighted by molar-refractivity contribution is -0.137. The first kappa shape index (κ1) is 26.1. The molecule has 3 rings (SSSR count). The molecule has 0 bridgehead atoms. The second-order valence-corrected chi connectivity index (χ2v) is 7.19. The van der Waals surface area contributed by atoms with Crippen LogP contribution in [0.15, 0.2) is 47.7 Å². The molecule has 0 aliphatic carbocycles. The largest absolute Gasteiger partial charge is 0.416 e. The average molecular weight is 563 g/mol. The van der Waals surface area contributed by atoms with E-state index in [9.17, 15) is 13.2 Å². The van der Waals surface area contributed by atoms with Crippen LogP contribution in [-0.4, -0.2) is 66.6 Å². The molecule has 7 nitrogen and oxygen atoms in total. The third kappa shape index (κ3) is 8.08. The zero-order valence-electron chi connectivity index (χ0n) is 18.0. The first-order valence-electron chi connectivity index (χ1n) is 10.4. The predicted molar refractivity (Wildman–Crippen MR) is 130 cm³/mol. The van der Waals surface area contributed by atoms with Crippen LogP contribution in [0.25, 0.3) is 0 Å². The number of halogens is 4. The fourth-order valence-electron chi connectivity index (χ4n) is 3.27. The minimum Gasteiger partial charge on any atom is -0.357 e. The highest BCUT2D eigenvalue weighted by molar-refractivity contribution is 14.0. The number of alkyl halides is 3. The summed E-state index contributed by atoms with van der Waals surface area (Å²) in [6.07, 6.45) is -0.812. The number of aliphatic imine (C=N–C) groups is 1. The van der Waals surface area contributed by atoms with Crippen LogP contribution in [0.5, 0.6) is 0 Å². The van der Waals surface area contributed by atoms with Gasteiger partial charge in [0.25, 0.3) is 0 Å². The van der Waals surface area contributed by atoms with Crippen LogP contribution in [0.2, 0.25) is 0 Å². The molecule has 176 valence electrons. The van der Waals surface area contributed by atoms with Crippen molar-refractivity contribution < 1.29 is 13.2 Å². The third-order valence-corrected chi connectivity index (χ3v) is 4.97. The summed E-state index contributed by atoms with van der Waals surface area (Å²) in [4.78, 5) is 17.6. The maximum Gasteiger partial charge on any atom is 0.416 e. The van der Waals surface area contributed by atoms with Crippen LogP contribution in [0.1, 0.15) is 18.1 Å². The molecule has 0 unspecified atom stereocenters. The van der Waals surface area contributed by atoms with Gasteiger partial charge < -0.3 is 15.5 Å². The van der Waals surface area contributed by atoms with Crippen molar-refractivity contribution in [2.75, 3.05) is 50.7 Å². The number of hydrogen-bond donors (Lipinski definition) is 2. The number of benzene rings is 1. The van der Waals surface area contributed by atoms with Gasteiger partial charge in [-0.3, -0.25) is 4.90 Å². The fraction of sp³-hybridized carbons (Fsp3) is 0.476. The normalized spacial score (nSPS) is 15.2. The topological polar surface area (TPSA) is 68.7 Å². The highest BCUT2D eigenvalue weighted by Crippen LogP contribution is 2.29. The highest BCUT2D eigenvalue weighted by atomic mass is 127. The minimum atomic E-state index is -4.32. The van der Waals surface area contributed by atoms with Gasteiger partial charge in [0.05, 0.1) is 12.1 Å². The Kier molecular flexibility index (Phi) is 10.4. The summed E-state index contributed by atoms with van der Waals surface area (Å²) in [7, 11) is 0. The molecular weight excluding hydrogens is 534 g/mol. The highest BCUT2D eigenvalue weighted by Gasteiger charge is 2.29. The van der Waals surface area contributed by atoms with Gasteiger partial charge in [0.2, 0.25) is 5.95 Å². The maximum absolute atomic E-state index is 12.7. The summed E-state index contributed by atoms with van der Waals surface area (Å²) in [6, 6.07) is 6.92. The predicted octanol–water partition coefficient (Wildman–Crippen LogP) is 2.99. The van der Waals surface area contributed by atoms with Crippen molar-refractivity contribution in [3.8, 4) is 0 Å². The standard InChI is InChI=1S/C21H28F3N7.HI/c1-2-25-19(29-16-17-4-6-18(7-5-17)21(22,23)24)26-10-11-30-12-14-31(15-13-30)20-27-8-3-9-28-20;/h3-9H,2,10-16H2,1H3,(H2,25,26,29);1H. The Bertz CT molecular complexity index is 824. The Morgan fingerprint density at radius 2 is 1.69 bits per heavy atom. The molecule has 0 saturated carbocycles. The number of anilines is 1. The zero-order chi connectivity index (χ0) is 22.1.